The first-order chi connectivity index (χ1) is 7.89. The number of rotatable bonds is 2. The molecule has 0 bridgehead atoms. The Labute approximate surface area is 95.6 Å². The molecule has 1 aromatic carbocycles. The molecule has 1 aromatic heterocycles. The van der Waals surface area contributed by atoms with E-state index in [0.29, 0.717) is 5.39 Å². The minimum atomic E-state index is -4.72. The molecule has 0 aliphatic heterocycles. The van der Waals surface area contributed by atoms with E-state index in [9.17, 15) is 18.5 Å². The maximum absolute atomic E-state index is 11.0. The summed E-state index contributed by atoms with van der Waals surface area (Å²) in [4.78, 5) is 13.4. The third kappa shape index (κ3) is 2.08. The second-order valence-corrected chi connectivity index (χ2v) is 4.57. The third-order valence-electron chi connectivity index (χ3n) is 2.11. The van der Waals surface area contributed by atoms with Crippen molar-refractivity contribution in [1.29, 1.82) is 0 Å². The quantitative estimate of drug-likeness (QED) is 0.492. The second-order valence-electron chi connectivity index (χ2n) is 3.24. The maximum atomic E-state index is 11.0. The molecule has 2 rings (SSSR count). The molecule has 7 nitrogen and oxygen atoms in total. The van der Waals surface area contributed by atoms with Crippen molar-refractivity contribution in [1.82, 2.24) is 4.98 Å². The lowest BCUT2D eigenvalue weighted by molar-refractivity contribution is -0.388. The summed E-state index contributed by atoms with van der Waals surface area (Å²) in [6.07, 6.45) is 0. The number of aromatic nitrogens is 1. The molecule has 2 aromatic rings. The van der Waals surface area contributed by atoms with Gasteiger partial charge < -0.3 is 0 Å². The highest BCUT2D eigenvalue weighted by Crippen LogP contribution is 2.25. The summed E-state index contributed by atoms with van der Waals surface area (Å²) in [7, 11) is -4.72. The summed E-state index contributed by atoms with van der Waals surface area (Å²) < 4.78 is 30.9. The number of pyridine rings is 1. The van der Waals surface area contributed by atoms with E-state index in [2.05, 4.69) is 4.98 Å². The van der Waals surface area contributed by atoms with Gasteiger partial charge >= 0.3 is 15.8 Å². The van der Waals surface area contributed by atoms with Gasteiger partial charge in [0.1, 0.15) is 0 Å². The van der Waals surface area contributed by atoms with Gasteiger partial charge in [0.05, 0.1) is 10.4 Å². The van der Waals surface area contributed by atoms with Gasteiger partial charge in [0.15, 0.2) is 0 Å². The van der Waals surface area contributed by atoms with E-state index in [0.717, 1.165) is 6.07 Å². The Morgan fingerprint density at radius 2 is 1.94 bits per heavy atom. The first-order valence-corrected chi connectivity index (χ1v) is 5.85. The monoisotopic (exact) mass is 254 g/mol. The molecule has 0 aliphatic rings. The van der Waals surface area contributed by atoms with Gasteiger partial charge in [0, 0.05) is 11.5 Å². The van der Waals surface area contributed by atoms with E-state index in [1.165, 1.54) is 6.07 Å². The highest BCUT2D eigenvalue weighted by molar-refractivity contribution is 7.85. The number of hydrogen-bond acceptors (Lipinski definition) is 5. The smallest absolute Gasteiger partial charge is 0.280 e. The molecule has 0 aliphatic carbocycles. The molecule has 88 valence electrons. The van der Waals surface area contributed by atoms with Gasteiger partial charge in [0.25, 0.3) is 5.03 Å². The molecule has 0 saturated carbocycles. The molecule has 0 saturated heterocycles. The van der Waals surface area contributed by atoms with E-state index in [-0.39, 0.29) is 5.52 Å². The molecular formula is C9H6N2O5S. The molecule has 8 heteroatoms. The van der Waals surface area contributed by atoms with Crippen LogP contribution >= 0.6 is 0 Å². The van der Waals surface area contributed by atoms with Crippen molar-refractivity contribution in [2.45, 2.75) is 5.03 Å². The molecule has 0 unspecified atom stereocenters. The van der Waals surface area contributed by atoms with Crippen LogP contribution in [0.1, 0.15) is 0 Å². The van der Waals surface area contributed by atoms with Crippen LogP contribution in [0, 0.1) is 10.1 Å². The fourth-order valence-electron chi connectivity index (χ4n) is 1.41. The number of nitro groups is 1. The van der Waals surface area contributed by atoms with Crippen LogP contribution in [0.15, 0.2) is 35.4 Å². The zero-order valence-corrected chi connectivity index (χ0v) is 9.09. The van der Waals surface area contributed by atoms with Gasteiger partial charge in [-0.2, -0.15) is 8.42 Å². The van der Waals surface area contributed by atoms with Gasteiger partial charge in [-0.3, -0.25) is 14.7 Å². The lowest BCUT2D eigenvalue weighted by Crippen LogP contribution is -2.06. The number of nitrogens with zero attached hydrogens (tertiary/aromatic N) is 2. The Bertz CT molecular complexity index is 710. The summed E-state index contributed by atoms with van der Waals surface area (Å²) in [5.74, 6) is 0. The highest BCUT2D eigenvalue weighted by Gasteiger charge is 2.26. The van der Waals surface area contributed by atoms with Crippen molar-refractivity contribution in [3.63, 3.8) is 0 Å². The predicted molar refractivity (Wildman–Crippen MR) is 58.2 cm³/mol. The second kappa shape index (κ2) is 3.75. The van der Waals surface area contributed by atoms with Crippen LogP contribution in [0.2, 0.25) is 0 Å². The van der Waals surface area contributed by atoms with Crippen molar-refractivity contribution >= 4 is 26.7 Å². The molecule has 0 fully saturated rings. The zero-order chi connectivity index (χ0) is 12.6. The zero-order valence-electron chi connectivity index (χ0n) is 8.27. The topological polar surface area (TPSA) is 110 Å². The molecule has 1 N–H and O–H groups in total. The molecular weight excluding hydrogens is 248 g/mol. The van der Waals surface area contributed by atoms with Gasteiger partial charge in [-0.25, -0.2) is 4.98 Å². The van der Waals surface area contributed by atoms with Crippen molar-refractivity contribution < 1.29 is 17.9 Å². The van der Waals surface area contributed by atoms with E-state index >= 15 is 0 Å². The van der Waals surface area contributed by atoms with E-state index in [1.54, 1.807) is 18.2 Å². The van der Waals surface area contributed by atoms with Crippen LogP contribution in [-0.4, -0.2) is 22.9 Å². The summed E-state index contributed by atoms with van der Waals surface area (Å²) >= 11 is 0. The van der Waals surface area contributed by atoms with Crippen molar-refractivity contribution in [3.05, 3.63) is 40.4 Å². The molecule has 17 heavy (non-hydrogen) atoms. The van der Waals surface area contributed by atoms with Gasteiger partial charge in [-0.1, -0.05) is 18.2 Å². The minimum Gasteiger partial charge on any atom is -0.280 e. The van der Waals surface area contributed by atoms with Crippen molar-refractivity contribution in [2.24, 2.45) is 0 Å². The summed E-state index contributed by atoms with van der Waals surface area (Å²) in [6.45, 7) is 0. The molecule has 0 atom stereocenters. The first-order valence-electron chi connectivity index (χ1n) is 4.41. The Morgan fingerprint density at radius 1 is 1.29 bits per heavy atom. The first kappa shape index (κ1) is 11.4. The van der Waals surface area contributed by atoms with Gasteiger partial charge in [-0.05, 0) is 6.07 Å². The lowest BCUT2D eigenvalue weighted by Gasteiger charge is -2.01. The number of fused-ring (bicyclic) bond motifs is 1. The van der Waals surface area contributed by atoms with Crippen LogP contribution < -0.4 is 0 Å². The molecule has 1 heterocycles. The lowest BCUT2D eigenvalue weighted by atomic mass is 10.2. The minimum absolute atomic E-state index is 0.255. The molecule has 0 radical (unpaired) electrons. The fraction of sp³-hybridized carbons (Fsp3) is 0. The summed E-state index contributed by atoms with van der Waals surface area (Å²) in [6, 6.07) is 7.36. The van der Waals surface area contributed by atoms with E-state index in [1.807, 2.05) is 0 Å². The van der Waals surface area contributed by atoms with Crippen molar-refractivity contribution in [3.8, 4) is 0 Å². The van der Waals surface area contributed by atoms with Crippen LogP contribution in [0.3, 0.4) is 0 Å². The standard InChI is InChI=1S/C9H6N2O5S/c12-11(13)8-5-6-3-1-2-4-7(6)10-9(8)17(14,15)16/h1-5H,(H,14,15,16). The Balaban J connectivity index is 2.90. The van der Waals surface area contributed by atoms with E-state index < -0.39 is 25.8 Å². The van der Waals surface area contributed by atoms with Gasteiger partial charge in [0.2, 0.25) is 0 Å². The fourth-order valence-corrected chi connectivity index (χ4v) is 2.02. The summed E-state index contributed by atoms with van der Waals surface area (Å²) in [5.41, 5.74) is -0.489. The normalized spacial score (nSPS) is 11.6. The molecule has 0 spiro atoms. The van der Waals surface area contributed by atoms with Crippen LogP contribution in [-0.2, 0) is 10.1 Å². The maximum Gasteiger partial charge on any atom is 0.319 e. The SMILES string of the molecule is O=[N+]([O-])c1cc2ccccc2nc1S(=O)(=O)O. The Morgan fingerprint density at radius 3 is 2.53 bits per heavy atom. The Hall–Kier alpha value is -2.06. The van der Waals surface area contributed by atoms with E-state index in [4.69, 9.17) is 4.55 Å². The third-order valence-corrected chi connectivity index (χ3v) is 2.90. The summed E-state index contributed by atoms with van der Waals surface area (Å²) in [5, 5.41) is 10.2. The van der Waals surface area contributed by atoms with Crippen LogP contribution in [0.5, 0.6) is 0 Å². The number of benzene rings is 1. The predicted octanol–water partition coefficient (Wildman–Crippen LogP) is 1.39. The number of hydrogen-bond donors (Lipinski definition) is 1. The van der Waals surface area contributed by atoms with Crippen molar-refractivity contribution in [2.75, 3.05) is 0 Å². The van der Waals surface area contributed by atoms with Crippen LogP contribution in [0.4, 0.5) is 5.69 Å². The largest absolute Gasteiger partial charge is 0.319 e. The average Bonchev–Trinajstić information content (AvgIpc) is 2.26. The Kier molecular flexibility index (Phi) is 2.52. The molecule has 0 amide bonds. The average molecular weight is 254 g/mol. The number of para-hydroxylation sites is 1. The van der Waals surface area contributed by atoms with Gasteiger partial charge in [-0.15, -0.1) is 0 Å². The van der Waals surface area contributed by atoms with Crippen LogP contribution in [0.25, 0.3) is 10.9 Å². The highest BCUT2D eigenvalue weighted by atomic mass is 32.2.